The first-order valence-corrected chi connectivity index (χ1v) is 6.75. The maximum atomic E-state index is 12.2. The van der Waals surface area contributed by atoms with Gasteiger partial charge in [-0.05, 0) is 57.4 Å². The summed E-state index contributed by atoms with van der Waals surface area (Å²) in [5, 5.41) is 15.4. The highest BCUT2D eigenvalue weighted by Crippen LogP contribution is 2.47. The van der Waals surface area contributed by atoms with Crippen molar-refractivity contribution in [2.45, 2.75) is 51.0 Å². The molecular weight excluding hydrogens is 216 g/mol. The molecule has 2 rings (SSSR count). The zero-order valence-corrected chi connectivity index (χ0v) is 10.7. The molecule has 1 aliphatic carbocycles. The number of rotatable bonds is 5. The number of carbonyl (C=O) groups excluding carboxylic acids is 1. The van der Waals surface area contributed by atoms with E-state index in [4.69, 9.17) is 5.11 Å². The van der Waals surface area contributed by atoms with Crippen LogP contribution in [0.25, 0.3) is 0 Å². The van der Waals surface area contributed by atoms with Crippen LogP contribution < -0.4 is 10.6 Å². The summed E-state index contributed by atoms with van der Waals surface area (Å²) in [4.78, 5) is 12.2. The van der Waals surface area contributed by atoms with Gasteiger partial charge in [0.2, 0.25) is 5.91 Å². The summed E-state index contributed by atoms with van der Waals surface area (Å²) in [6, 6.07) is 0. The summed E-state index contributed by atoms with van der Waals surface area (Å²) in [5.74, 6) is 0.126. The third-order valence-electron chi connectivity index (χ3n) is 4.34. The Morgan fingerprint density at radius 1 is 1.35 bits per heavy atom. The Labute approximate surface area is 103 Å². The molecule has 1 aliphatic heterocycles. The average Bonchev–Trinajstić information content (AvgIpc) is 3.08. The standard InChI is InChI=1S/C13H24N2O2/c1-12(4-2-3-8-15-12)11(17)14-10-13(5-6-13)7-9-16/h15-16H,2-10H2,1H3,(H,14,17). The molecule has 3 N–H and O–H groups in total. The van der Waals surface area contributed by atoms with Crippen molar-refractivity contribution in [2.24, 2.45) is 5.41 Å². The Kier molecular flexibility index (Phi) is 3.73. The minimum Gasteiger partial charge on any atom is -0.396 e. The minimum absolute atomic E-state index is 0.126. The minimum atomic E-state index is -0.381. The van der Waals surface area contributed by atoms with Crippen molar-refractivity contribution in [3.05, 3.63) is 0 Å². The van der Waals surface area contributed by atoms with Crippen molar-refractivity contribution in [3.8, 4) is 0 Å². The van der Waals surface area contributed by atoms with E-state index >= 15 is 0 Å². The van der Waals surface area contributed by atoms with E-state index < -0.39 is 0 Å². The van der Waals surface area contributed by atoms with E-state index in [-0.39, 0.29) is 23.5 Å². The largest absolute Gasteiger partial charge is 0.396 e. The molecule has 0 bridgehead atoms. The van der Waals surface area contributed by atoms with Crippen LogP contribution in [0.1, 0.15) is 45.4 Å². The van der Waals surface area contributed by atoms with Gasteiger partial charge in [-0.2, -0.15) is 0 Å². The molecule has 1 saturated carbocycles. The Balaban J connectivity index is 1.80. The van der Waals surface area contributed by atoms with Gasteiger partial charge in [0.05, 0.1) is 5.54 Å². The summed E-state index contributed by atoms with van der Waals surface area (Å²) in [5.41, 5.74) is -0.178. The van der Waals surface area contributed by atoms with E-state index in [2.05, 4.69) is 10.6 Å². The first-order valence-electron chi connectivity index (χ1n) is 6.75. The number of aliphatic hydroxyl groups is 1. The van der Waals surface area contributed by atoms with Crippen molar-refractivity contribution in [1.29, 1.82) is 0 Å². The first kappa shape index (κ1) is 12.8. The molecule has 4 nitrogen and oxygen atoms in total. The van der Waals surface area contributed by atoms with E-state index in [0.717, 1.165) is 51.6 Å². The summed E-state index contributed by atoms with van der Waals surface area (Å²) in [7, 11) is 0. The molecule has 1 amide bonds. The van der Waals surface area contributed by atoms with Crippen molar-refractivity contribution in [1.82, 2.24) is 10.6 Å². The summed E-state index contributed by atoms with van der Waals surface area (Å²) < 4.78 is 0. The van der Waals surface area contributed by atoms with Crippen LogP contribution in [0.4, 0.5) is 0 Å². The highest BCUT2D eigenvalue weighted by atomic mass is 16.3. The number of nitrogens with one attached hydrogen (secondary N) is 2. The van der Waals surface area contributed by atoms with Gasteiger partial charge in [0.15, 0.2) is 0 Å². The van der Waals surface area contributed by atoms with E-state index in [1.165, 1.54) is 0 Å². The van der Waals surface area contributed by atoms with Crippen molar-refractivity contribution in [3.63, 3.8) is 0 Å². The molecule has 0 aromatic carbocycles. The Bertz CT molecular complexity index is 281. The molecule has 0 spiro atoms. The fraction of sp³-hybridized carbons (Fsp3) is 0.923. The molecule has 2 aliphatic rings. The molecule has 1 atom stereocenters. The number of carbonyl (C=O) groups is 1. The smallest absolute Gasteiger partial charge is 0.240 e. The van der Waals surface area contributed by atoms with E-state index in [1.807, 2.05) is 6.92 Å². The van der Waals surface area contributed by atoms with Crippen LogP contribution >= 0.6 is 0 Å². The maximum absolute atomic E-state index is 12.2. The summed E-state index contributed by atoms with van der Waals surface area (Å²) in [6.45, 7) is 3.88. The first-order chi connectivity index (χ1) is 8.10. The Morgan fingerprint density at radius 3 is 2.65 bits per heavy atom. The van der Waals surface area contributed by atoms with Crippen molar-refractivity contribution < 1.29 is 9.90 Å². The predicted octanol–water partition coefficient (Wildman–Crippen LogP) is 0.797. The maximum Gasteiger partial charge on any atom is 0.240 e. The number of hydrogen-bond donors (Lipinski definition) is 3. The molecule has 4 heteroatoms. The highest BCUT2D eigenvalue weighted by molar-refractivity contribution is 5.86. The number of hydrogen-bond acceptors (Lipinski definition) is 3. The quantitative estimate of drug-likeness (QED) is 0.666. The molecule has 0 aromatic heterocycles. The van der Waals surface area contributed by atoms with Gasteiger partial charge in [-0.25, -0.2) is 0 Å². The molecule has 0 aromatic rings. The predicted molar refractivity (Wildman–Crippen MR) is 66.6 cm³/mol. The lowest BCUT2D eigenvalue weighted by atomic mass is 9.89. The van der Waals surface area contributed by atoms with Crippen LogP contribution in [0.3, 0.4) is 0 Å². The molecule has 17 heavy (non-hydrogen) atoms. The molecule has 1 heterocycles. The zero-order chi connectivity index (χ0) is 12.4. The number of amides is 1. The van der Waals surface area contributed by atoms with Crippen LogP contribution in [0.2, 0.25) is 0 Å². The lowest BCUT2D eigenvalue weighted by Crippen LogP contribution is -2.57. The molecule has 1 unspecified atom stereocenters. The lowest BCUT2D eigenvalue weighted by molar-refractivity contribution is -0.128. The normalized spacial score (nSPS) is 30.9. The second-order valence-corrected chi connectivity index (χ2v) is 5.87. The third kappa shape index (κ3) is 2.99. The van der Waals surface area contributed by atoms with E-state index in [1.54, 1.807) is 0 Å². The van der Waals surface area contributed by atoms with Crippen LogP contribution in [0.5, 0.6) is 0 Å². The van der Waals surface area contributed by atoms with Crippen molar-refractivity contribution in [2.75, 3.05) is 19.7 Å². The molecule has 2 fully saturated rings. The van der Waals surface area contributed by atoms with Crippen molar-refractivity contribution >= 4 is 5.91 Å². The van der Waals surface area contributed by atoms with Gasteiger partial charge in [-0.3, -0.25) is 4.79 Å². The summed E-state index contributed by atoms with van der Waals surface area (Å²) in [6.07, 6.45) is 6.30. The van der Waals surface area contributed by atoms with Gasteiger partial charge < -0.3 is 15.7 Å². The third-order valence-corrected chi connectivity index (χ3v) is 4.34. The van der Waals surface area contributed by atoms with E-state index in [0.29, 0.717) is 0 Å². The fourth-order valence-corrected chi connectivity index (χ4v) is 2.64. The summed E-state index contributed by atoms with van der Waals surface area (Å²) >= 11 is 0. The lowest BCUT2D eigenvalue weighted by Gasteiger charge is -2.34. The second-order valence-electron chi connectivity index (χ2n) is 5.87. The Hall–Kier alpha value is -0.610. The van der Waals surface area contributed by atoms with Gasteiger partial charge in [0.1, 0.15) is 0 Å². The van der Waals surface area contributed by atoms with E-state index in [9.17, 15) is 4.79 Å². The average molecular weight is 240 g/mol. The van der Waals surface area contributed by atoms with Gasteiger partial charge >= 0.3 is 0 Å². The van der Waals surface area contributed by atoms with Gasteiger partial charge in [-0.15, -0.1) is 0 Å². The topological polar surface area (TPSA) is 61.4 Å². The fourth-order valence-electron chi connectivity index (χ4n) is 2.64. The highest BCUT2D eigenvalue weighted by Gasteiger charge is 2.43. The van der Waals surface area contributed by atoms with Crippen LogP contribution in [0, 0.1) is 5.41 Å². The number of piperidine rings is 1. The zero-order valence-electron chi connectivity index (χ0n) is 10.7. The SMILES string of the molecule is CC1(C(=O)NCC2(CCO)CC2)CCCCN1. The molecule has 0 radical (unpaired) electrons. The molecule has 98 valence electrons. The van der Waals surface area contributed by atoms with Gasteiger partial charge in [-0.1, -0.05) is 0 Å². The van der Waals surface area contributed by atoms with Gasteiger partial charge in [0.25, 0.3) is 0 Å². The monoisotopic (exact) mass is 240 g/mol. The number of aliphatic hydroxyl groups excluding tert-OH is 1. The van der Waals surface area contributed by atoms with Crippen LogP contribution in [-0.2, 0) is 4.79 Å². The second kappa shape index (κ2) is 4.94. The molecule has 1 saturated heterocycles. The molecular formula is C13H24N2O2. The Morgan fingerprint density at radius 2 is 2.12 bits per heavy atom. The van der Waals surface area contributed by atoms with Gasteiger partial charge in [0, 0.05) is 13.2 Å². The van der Waals surface area contributed by atoms with Crippen LogP contribution in [0.15, 0.2) is 0 Å². The van der Waals surface area contributed by atoms with Crippen LogP contribution in [-0.4, -0.2) is 36.2 Å².